The summed E-state index contributed by atoms with van der Waals surface area (Å²) in [5.74, 6) is 0.230. The summed E-state index contributed by atoms with van der Waals surface area (Å²) in [7, 11) is 0. The van der Waals surface area contributed by atoms with Crippen molar-refractivity contribution in [2.75, 3.05) is 0 Å². The van der Waals surface area contributed by atoms with Crippen molar-refractivity contribution in [1.82, 2.24) is 0 Å². The number of esters is 1. The third kappa shape index (κ3) is 2.89. The minimum atomic E-state index is -0.449. The average Bonchev–Trinajstić information content (AvgIpc) is 2.70. The molecule has 0 saturated heterocycles. The minimum absolute atomic E-state index is 0.0679. The Bertz CT molecular complexity index is 546. The van der Waals surface area contributed by atoms with Crippen LogP contribution in [0.25, 0.3) is 0 Å². The van der Waals surface area contributed by atoms with Gasteiger partial charge in [0.15, 0.2) is 11.8 Å². The molecule has 0 aliphatic carbocycles. The van der Waals surface area contributed by atoms with Crippen LogP contribution in [0, 0.1) is 5.92 Å². The van der Waals surface area contributed by atoms with Gasteiger partial charge in [0, 0.05) is 11.1 Å². The third-order valence-electron chi connectivity index (χ3n) is 2.97. The molecule has 0 aromatic heterocycles. The molecule has 1 unspecified atom stereocenters. The van der Waals surface area contributed by atoms with E-state index in [1.165, 1.54) is 6.92 Å². The summed E-state index contributed by atoms with van der Waals surface area (Å²) in [5.41, 5.74) is 1.12. The SMILES string of the molecule is CC(=O)c1ccccc1C1=NC(CC(C)C)C(=O)O1. The van der Waals surface area contributed by atoms with Crippen LogP contribution in [0.15, 0.2) is 29.3 Å². The van der Waals surface area contributed by atoms with Crippen molar-refractivity contribution < 1.29 is 14.3 Å². The Labute approximate surface area is 112 Å². The molecule has 4 heteroatoms. The highest BCUT2D eigenvalue weighted by molar-refractivity contribution is 6.12. The van der Waals surface area contributed by atoms with Crippen LogP contribution in [0.5, 0.6) is 0 Å². The largest absolute Gasteiger partial charge is 0.406 e. The van der Waals surface area contributed by atoms with Crippen LogP contribution < -0.4 is 0 Å². The van der Waals surface area contributed by atoms with Crippen LogP contribution in [0.3, 0.4) is 0 Å². The van der Waals surface area contributed by atoms with E-state index in [2.05, 4.69) is 4.99 Å². The van der Waals surface area contributed by atoms with Crippen LogP contribution in [0.2, 0.25) is 0 Å². The number of cyclic esters (lactones) is 1. The van der Waals surface area contributed by atoms with E-state index in [4.69, 9.17) is 4.74 Å². The number of hydrogen-bond acceptors (Lipinski definition) is 4. The van der Waals surface area contributed by atoms with E-state index >= 15 is 0 Å². The molecule has 100 valence electrons. The fraction of sp³-hybridized carbons (Fsp3) is 0.400. The smallest absolute Gasteiger partial charge is 0.337 e. The molecular weight excluding hydrogens is 242 g/mol. The van der Waals surface area contributed by atoms with Crippen molar-refractivity contribution in [3.05, 3.63) is 35.4 Å². The highest BCUT2D eigenvalue weighted by Gasteiger charge is 2.31. The van der Waals surface area contributed by atoms with Gasteiger partial charge >= 0.3 is 5.97 Å². The highest BCUT2D eigenvalue weighted by Crippen LogP contribution is 2.21. The standard InChI is InChI=1S/C15H17NO3/c1-9(2)8-13-15(18)19-14(16-13)12-7-5-4-6-11(12)10(3)17/h4-7,9,13H,8H2,1-3H3. The summed E-state index contributed by atoms with van der Waals surface area (Å²) in [4.78, 5) is 27.6. The molecule has 1 aromatic rings. The quantitative estimate of drug-likeness (QED) is 0.617. The summed E-state index contributed by atoms with van der Waals surface area (Å²) in [6, 6.07) is 6.59. The molecule has 1 aliphatic heterocycles. The monoisotopic (exact) mass is 259 g/mol. The zero-order chi connectivity index (χ0) is 14.0. The second kappa shape index (κ2) is 5.34. The van der Waals surface area contributed by atoms with Gasteiger partial charge in [0.2, 0.25) is 5.90 Å². The lowest BCUT2D eigenvalue weighted by Gasteiger charge is -2.05. The molecule has 0 saturated carbocycles. The first-order valence-corrected chi connectivity index (χ1v) is 6.39. The second-order valence-electron chi connectivity index (χ2n) is 5.10. The van der Waals surface area contributed by atoms with Gasteiger partial charge in [-0.25, -0.2) is 9.79 Å². The topological polar surface area (TPSA) is 55.7 Å². The van der Waals surface area contributed by atoms with Gasteiger partial charge in [-0.3, -0.25) is 4.79 Å². The van der Waals surface area contributed by atoms with Crippen molar-refractivity contribution in [2.24, 2.45) is 10.9 Å². The number of carbonyl (C=O) groups is 2. The third-order valence-corrected chi connectivity index (χ3v) is 2.97. The van der Waals surface area contributed by atoms with E-state index in [0.717, 1.165) is 0 Å². The molecule has 0 amide bonds. The number of Topliss-reactive ketones (excluding diaryl/α,β-unsaturated/α-hetero) is 1. The van der Waals surface area contributed by atoms with Gasteiger partial charge < -0.3 is 4.74 Å². The first kappa shape index (κ1) is 13.5. The molecule has 0 radical (unpaired) electrons. The Morgan fingerprint density at radius 2 is 2.05 bits per heavy atom. The second-order valence-corrected chi connectivity index (χ2v) is 5.10. The Balaban J connectivity index is 2.33. The Morgan fingerprint density at radius 1 is 1.37 bits per heavy atom. The summed E-state index contributed by atoms with van der Waals surface area (Å²) < 4.78 is 5.21. The van der Waals surface area contributed by atoms with E-state index < -0.39 is 6.04 Å². The van der Waals surface area contributed by atoms with E-state index in [0.29, 0.717) is 23.5 Å². The number of ether oxygens (including phenoxy) is 1. The fourth-order valence-corrected chi connectivity index (χ4v) is 2.08. The molecular formula is C15H17NO3. The lowest BCUT2D eigenvalue weighted by atomic mass is 10.0. The Kier molecular flexibility index (Phi) is 3.79. The average molecular weight is 259 g/mol. The van der Waals surface area contributed by atoms with Crippen LogP contribution in [0.4, 0.5) is 0 Å². The summed E-state index contributed by atoms with van der Waals surface area (Å²) in [6.45, 7) is 5.55. The van der Waals surface area contributed by atoms with Crippen LogP contribution in [-0.2, 0) is 9.53 Å². The van der Waals surface area contributed by atoms with Gasteiger partial charge in [0.05, 0.1) is 0 Å². The lowest BCUT2D eigenvalue weighted by Crippen LogP contribution is -2.17. The van der Waals surface area contributed by atoms with E-state index in [9.17, 15) is 9.59 Å². The number of rotatable bonds is 4. The molecule has 0 spiro atoms. The van der Waals surface area contributed by atoms with Crippen molar-refractivity contribution in [3.63, 3.8) is 0 Å². The van der Waals surface area contributed by atoms with Crippen molar-refractivity contribution >= 4 is 17.7 Å². The molecule has 0 fully saturated rings. The molecule has 0 N–H and O–H groups in total. The van der Waals surface area contributed by atoms with Crippen molar-refractivity contribution in [1.29, 1.82) is 0 Å². The van der Waals surface area contributed by atoms with Crippen LogP contribution >= 0.6 is 0 Å². The molecule has 1 heterocycles. The van der Waals surface area contributed by atoms with Gasteiger partial charge in [-0.2, -0.15) is 0 Å². The lowest BCUT2D eigenvalue weighted by molar-refractivity contribution is -0.135. The predicted octanol–water partition coefficient (Wildman–Crippen LogP) is 2.61. The van der Waals surface area contributed by atoms with Gasteiger partial charge in [0.1, 0.15) is 0 Å². The zero-order valence-corrected chi connectivity index (χ0v) is 11.3. The predicted molar refractivity (Wildman–Crippen MR) is 72.3 cm³/mol. The number of carbonyl (C=O) groups excluding carboxylic acids is 2. The first-order chi connectivity index (χ1) is 8.99. The number of aliphatic imine (C=N–C) groups is 1. The summed E-state index contributed by atoms with van der Waals surface area (Å²) >= 11 is 0. The van der Waals surface area contributed by atoms with Crippen LogP contribution in [-0.4, -0.2) is 23.7 Å². The van der Waals surface area contributed by atoms with Gasteiger partial charge in [-0.1, -0.05) is 32.0 Å². The first-order valence-electron chi connectivity index (χ1n) is 6.39. The molecule has 2 rings (SSSR count). The maximum absolute atomic E-state index is 11.8. The maximum Gasteiger partial charge on any atom is 0.337 e. The molecule has 1 atom stereocenters. The number of hydrogen-bond donors (Lipinski definition) is 0. The number of ketones is 1. The molecule has 0 bridgehead atoms. The van der Waals surface area contributed by atoms with Crippen molar-refractivity contribution in [3.8, 4) is 0 Å². The molecule has 1 aliphatic rings. The van der Waals surface area contributed by atoms with E-state index in [1.807, 2.05) is 13.8 Å². The molecule has 19 heavy (non-hydrogen) atoms. The van der Waals surface area contributed by atoms with E-state index in [-0.39, 0.29) is 17.7 Å². The zero-order valence-electron chi connectivity index (χ0n) is 11.3. The Hall–Kier alpha value is -1.97. The fourth-order valence-electron chi connectivity index (χ4n) is 2.08. The molecule has 4 nitrogen and oxygen atoms in total. The maximum atomic E-state index is 11.8. The Morgan fingerprint density at radius 3 is 2.68 bits per heavy atom. The van der Waals surface area contributed by atoms with Gasteiger partial charge in [0.25, 0.3) is 0 Å². The summed E-state index contributed by atoms with van der Waals surface area (Å²) in [5, 5.41) is 0. The van der Waals surface area contributed by atoms with Gasteiger partial charge in [-0.05, 0) is 25.3 Å². The highest BCUT2D eigenvalue weighted by atomic mass is 16.6. The van der Waals surface area contributed by atoms with Crippen molar-refractivity contribution in [2.45, 2.75) is 33.2 Å². The number of nitrogens with zero attached hydrogens (tertiary/aromatic N) is 1. The number of benzene rings is 1. The van der Waals surface area contributed by atoms with E-state index in [1.54, 1.807) is 24.3 Å². The van der Waals surface area contributed by atoms with Gasteiger partial charge in [-0.15, -0.1) is 0 Å². The summed E-state index contributed by atoms with van der Waals surface area (Å²) in [6.07, 6.45) is 0.657. The normalized spacial score (nSPS) is 18.4. The van der Waals surface area contributed by atoms with Crippen LogP contribution in [0.1, 0.15) is 43.1 Å². The molecule has 1 aromatic carbocycles. The minimum Gasteiger partial charge on any atom is -0.406 e.